The third-order valence-electron chi connectivity index (χ3n) is 6.53. The molecule has 5 heteroatoms. The number of Topliss-reactive ketones (excluding diaryl/α,β-unsaturated/α-hetero) is 1. The number of unbranched alkanes of at least 4 members (excludes halogenated alkanes) is 4. The molecule has 0 bridgehead atoms. The number of ketones is 1. The molecule has 5 nitrogen and oxygen atoms in total. The maximum Gasteiger partial charge on any atom is 0.129 e. The molecule has 1 aromatic rings. The quantitative estimate of drug-likeness (QED) is 0.195. The minimum absolute atomic E-state index is 0.243. The van der Waals surface area contributed by atoms with Crippen molar-refractivity contribution >= 4 is 17.2 Å². The second kappa shape index (κ2) is 15.7. The van der Waals surface area contributed by atoms with Gasteiger partial charge in [0, 0.05) is 25.6 Å². The van der Waals surface area contributed by atoms with Gasteiger partial charge in [0.05, 0.1) is 17.5 Å². The van der Waals surface area contributed by atoms with Crippen LogP contribution in [0.2, 0.25) is 0 Å². The lowest BCUT2D eigenvalue weighted by Crippen LogP contribution is -2.23. The van der Waals surface area contributed by atoms with Crippen LogP contribution in [0.4, 0.5) is 11.4 Å². The number of carbonyl (C=O) groups excluding carboxylic acids is 1. The van der Waals surface area contributed by atoms with E-state index in [0.717, 1.165) is 75.0 Å². The second-order valence-corrected chi connectivity index (χ2v) is 9.79. The molecule has 1 aromatic carbocycles. The minimum atomic E-state index is -0.536. The van der Waals surface area contributed by atoms with Gasteiger partial charge in [0.25, 0.3) is 0 Å². The summed E-state index contributed by atoms with van der Waals surface area (Å²) in [6.45, 7) is 10.6. The highest BCUT2D eigenvalue weighted by Crippen LogP contribution is 2.29. The van der Waals surface area contributed by atoms with E-state index in [1.807, 2.05) is 6.07 Å². The van der Waals surface area contributed by atoms with Crippen LogP contribution in [0.5, 0.6) is 0 Å². The molecule has 2 atom stereocenters. The molecule has 4 N–H and O–H groups in total. The summed E-state index contributed by atoms with van der Waals surface area (Å²) in [5, 5.41) is 21.4. The zero-order chi connectivity index (χ0) is 24.8. The van der Waals surface area contributed by atoms with E-state index in [-0.39, 0.29) is 11.8 Å². The van der Waals surface area contributed by atoms with Crippen molar-refractivity contribution in [2.45, 2.75) is 97.6 Å². The summed E-state index contributed by atoms with van der Waals surface area (Å²) >= 11 is 0. The molecule has 1 aliphatic carbocycles. The summed E-state index contributed by atoms with van der Waals surface area (Å²) in [5.74, 6) is 0.288. The number of benzene rings is 1. The SMILES string of the molecule is CCCNc1ccc(C(O)CNCCCCCCCC(C)=O)cc1NC(C)C1=CC=C(C)CC1. The van der Waals surface area contributed by atoms with E-state index in [1.54, 1.807) is 6.92 Å². The van der Waals surface area contributed by atoms with Crippen LogP contribution in [0.25, 0.3) is 0 Å². The molecule has 0 saturated heterocycles. The van der Waals surface area contributed by atoms with E-state index in [2.05, 4.69) is 61.0 Å². The van der Waals surface area contributed by atoms with Crippen LogP contribution in [0, 0.1) is 0 Å². The van der Waals surface area contributed by atoms with Crippen LogP contribution < -0.4 is 16.0 Å². The van der Waals surface area contributed by atoms with Crippen molar-refractivity contribution in [3.8, 4) is 0 Å². The number of allylic oxidation sites excluding steroid dienone is 3. The molecule has 0 amide bonds. The third kappa shape index (κ3) is 10.4. The Morgan fingerprint density at radius 1 is 1.03 bits per heavy atom. The van der Waals surface area contributed by atoms with Crippen LogP contribution in [0.15, 0.2) is 41.5 Å². The Hall–Kier alpha value is -2.11. The highest BCUT2D eigenvalue weighted by Gasteiger charge is 2.15. The van der Waals surface area contributed by atoms with Gasteiger partial charge in [0.1, 0.15) is 5.78 Å². The van der Waals surface area contributed by atoms with Crippen LogP contribution in [-0.4, -0.2) is 36.6 Å². The molecule has 0 heterocycles. The van der Waals surface area contributed by atoms with Crippen LogP contribution in [-0.2, 0) is 4.79 Å². The lowest BCUT2D eigenvalue weighted by Gasteiger charge is -2.24. The fourth-order valence-electron chi connectivity index (χ4n) is 4.26. The van der Waals surface area contributed by atoms with Gasteiger partial charge in [0.2, 0.25) is 0 Å². The van der Waals surface area contributed by atoms with Gasteiger partial charge in [-0.25, -0.2) is 0 Å². The van der Waals surface area contributed by atoms with E-state index in [4.69, 9.17) is 0 Å². The lowest BCUT2D eigenvalue weighted by atomic mass is 9.94. The number of hydrogen-bond acceptors (Lipinski definition) is 5. The number of aliphatic hydroxyl groups excluding tert-OH is 1. The first-order valence-corrected chi connectivity index (χ1v) is 13.3. The number of carbonyl (C=O) groups is 1. The molecule has 2 rings (SSSR count). The van der Waals surface area contributed by atoms with Gasteiger partial charge in [-0.15, -0.1) is 0 Å². The van der Waals surface area contributed by atoms with E-state index in [0.29, 0.717) is 13.0 Å². The van der Waals surface area contributed by atoms with E-state index in [9.17, 15) is 9.90 Å². The molecule has 1 aliphatic rings. The molecular weight excluding hydrogens is 422 g/mol. The Balaban J connectivity index is 1.86. The average molecular weight is 470 g/mol. The standard InChI is InChI=1S/C29H47N3O2/c1-5-18-31-27-17-16-26(20-28(27)32-24(4)25-14-12-22(2)13-15-25)29(34)21-30-19-10-8-6-7-9-11-23(3)33/h12,14,16-17,20,24,29-32,34H,5-11,13,15,18-19,21H2,1-4H3. The monoisotopic (exact) mass is 469 g/mol. The van der Waals surface area contributed by atoms with Gasteiger partial charge >= 0.3 is 0 Å². The molecular formula is C29H47N3O2. The van der Waals surface area contributed by atoms with E-state index in [1.165, 1.54) is 17.6 Å². The number of hydrogen-bond donors (Lipinski definition) is 4. The molecule has 0 saturated carbocycles. The molecule has 0 aromatic heterocycles. The Morgan fingerprint density at radius 3 is 2.50 bits per heavy atom. The number of aliphatic hydroxyl groups is 1. The van der Waals surface area contributed by atoms with Crippen molar-refractivity contribution in [2.75, 3.05) is 30.3 Å². The maximum atomic E-state index is 11.0. The van der Waals surface area contributed by atoms with Gasteiger partial charge in [-0.05, 0) is 82.7 Å². The van der Waals surface area contributed by atoms with Crippen molar-refractivity contribution in [1.29, 1.82) is 0 Å². The summed E-state index contributed by atoms with van der Waals surface area (Å²) in [5.41, 5.74) is 5.93. The summed E-state index contributed by atoms with van der Waals surface area (Å²) in [7, 11) is 0. The topological polar surface area (TPSA) is 73.4 Å². The van der Waals surface area contributed by atoms with Crippen LogP contribution >= 0.6 is 0 Å². The number of anilines is 2. The predicted octanol–water partition coefficient (Wildman–Crippen LogP) is 6.53. The highest BCUT2D eigenvalue weighted by molar-refractivity contribution is 5.75. The normalized spacial score (nSPS) is 15.3. The maximum absolute atomic E-state index is 11.0. The first-order valence-electron chi connectivity index (χ1n) is 13.3. The lowest BCUT2D eigenvalue weighted by molar-refractivity contribution is -0.117. The average Bonchev–Trinajstić information content (AvgIpc) is 2.82. The molecule has 0 fully saturated rings. The Bertz CT molecular complexity index is 816. The van der Waals surface area contributed by atoms with Crippen molar-refractivity contribution in [2.24, 2.45) is 0 Å². The van der Waals surface area contributed by atoms with E-state index >= 15 is 0 Å². The Morgan fingerprint density at radius 2 is 1.79 bits per heavy atom. The smallest absolute Gasteiger partial charge is 0.129 e. The number of rotatable bonds is 17. The van der Waals surface area contributed by atoms with E-state index < -0.39 is 6.10 Å². The predicted molar refractivity (Wildman–Crippen MR) is 146 cm³/mol. The molecule has 34 heavy (non-hydrogen) atoms. The fourth-order valence-corrected chi connectivity index (χ4v) is 4.26. The largest absolute Gasteiger partial charge is 0.387 e. The van der Waals surface area contributed by atoms with Gasteiger partial charge in [0.15, 0.2) is 0 Å². The van der Waals surface area contributed by atoms with Crippen molar-refractivity contribution < 1.29 is 9.90 Å². The highest BCUT2D eigenvalue weighted by atomic mass is 16.3. The van der Waals surface area contributed by atoms with Crippen molar-refractivity contribution in [3.63, 3.8) is 0 Å². The summed E-state index contributed by atoms with van der Waals surface area (Å²) in [6, 6.07) is 6.46. The Kier molecular flexibility index (Phi) is 13.0. The molecule has 2 unspecified atom stereocenters. The number of nitrogens with one attached hydrogen (secondary N) is 3. The summed E-state index contributed by atoms with van der Waals surface area (Å²) < 4.78 is 0. The molecule has 0 radical (unpaired) electrons. The molecule has 190 valence electrons. The first kappa shape index (κ1) is 28.1. The zero-order valence-electron chi connectivity index (χ0n) is 21.9. The van der Waals surface area contributed by atoms with Gasteiger partial charge in [-0.1, -0.05) is 50.0 Å². The van der Waals surface area contributed by atoms with Crippen molar-refractivity contribution in [3.05, 3.63) is 47.1 Å². The van der Waals surface area contributed by atoms with Gasteiger partial charge < -0.3 is 25.9 Å². The van der Waals surface area contributed by atoms with Crippen molar-refractivity contribution in [1.82, 2.24) is 5.32 Å². The minimum Gasteiger partial charge on any atom is -0.387 e. The van der Waals surface area contributed by atoms with Gasteiger partial charge in [-0.2, -0.15) is 0 Å². The summed E-state index contributed by atoms with van der Waals surface area (Å²) in [4.78, 5) is 11.0. The summed E-state index contributed by atoms with van der Waals surface area (Å²) in [6.07, 6.45) is 13.5. The van der Waals surface area contributed by atoms with Crippen LogP contribution in [0.1, 0.15) is 97.1 Å². The second-order valence-electron chi connectivity index (χ2n) is 9.79. The molecule has 0 aliphatic heterocycles. The first-order chi connectivity index (χ1) is 16.4. The van der Waals surface area contributed by atoms with Gasteiger partial charge in [-0.3, -0.25) is 0 Å². The Labute approximate surface area is 207 Å². The van der Waals surface area contributed by atoms with Crippen LogP contribution in [0.3, 0.4) is 0 Å². The third-order valence-corrected chi connectivity index (χ3v) is 6.53. The zero-order valence-corrected chi connectivity index (χ0v) is 21.9. The molecule has 0 spiro atoms. The fraction of sp³-hybridized carbons (Fsp3) is 0.621.